The summed E-state index contributed by atoms with van der Waals surface area (Å²) in [6, 6.07) is 14.1. The van der Waals surface area contributed by atoms with E-state index in [0.29, 0.717) is 35.9 Å². The number of benzene rings is 2. The largest absolute Gasteiger partial charge is 0.494 e. The number of carbonyl (C=O) groups is 2. The first kappa shape index (κ1) is 18.8. The Balaban J connectivity index is 1.46. The molecule has 0 aliphatic heterocycles. The summed E-state index contributed by atoms with van der Waals surface area (Å²) in [6.45, 7) is 1.09. The lowest BCUT2D eigenvalue weighted by Crippen LogP contribution is -2.11. The van der Waals surface area contributed by atoms with Crippen molar-refractivity contribution in [3.05, 3.63) is 54.1 Å². The van der Waals surface area contributed by atoms with Gasteiger partial charge in [-0.15, -0.1) is 0 Å². The molecule has 0 atom stereocenters. The van der Waals surface area contributed by atoms with E-state index in [1.165, 1.54) is 12.8 Å². The van der Waals surface area contributed by atoms with Crippen molar-refractivity contribution in [2.24, 2.45) is 5.92 Å². The van der Waals surface area contributed by atoms with Crippen LogP contribution in [0.25, 0.3) is 0 Å². The number of ether oxygens (including phenoxy) is 2. The summed E-state index contributed by atoms with van der Waals surface area (Å²) in [7, 11) is 0. The SMILES string of the molecule is O=C(O)CCCOc1ccc(NC(=O)c2ccc(OCC3CC3)cc2)cc1. The van der Waals surface area contributed by atoms with Crippen LogP contribution >= 0.6 is 0 Å². The predicted octanol–water partition coefficient (Wildman–Crippen LogP) is 3.97. The standard InChI is InChI=1S/C21H23NO5/c23-20(24)2-1-13-26-18-11-7-17(8-12-18)22-21(25)16-5-9-19(10-6-16)27-14-15-3-4-15/h5-12,15H,1-4,13-14H2,(H,22,25)(H,23,24). The molecule has 27 heavy (non-hydrogen) atoms. The second-order valence-corrected chi connectivity index (χ2v) is 6.60. The molecule has 1 amide bonds. The Morgan fingerprint density at radius 3 is 2.22 bits per heavy atom. The Kier molecular flexibility index (Phi) is 6.30. The zero-order valence-electron chi connectivity index (χ0n) is 15.0. The van der Waals surface area contributed by atoms with Crippen molar-refractivity contribution >= 4 is 17.6 Å². The fourth-order valence-corrected chi connectivity index (χ4v) is 2.45. The van der Waals surface area contributed by atoms with Gasteiger partial charge < -0.3 is 19.9 Å². The molecule has 0 unspecified atom stereocenters. The van der Waals surface area contributed by atoms with Gasteiger partial charge in [0.2, 0.25) is 0 Å². The van der Waals surface area contributed by atoms with Crippen LogP contribution in [-0.4, -0.2) is 30.2 Å². The first-order valence-electron chi connectivity index (χ1n) is 9.09. The van der Waals surface area contributed by atoms with Crippen molar-refractivity contribution in [3.63, 3.8) is 0 Å². The lowest BCUT2D eigenvalue weighted by molar-refractivity contribution is -0.137. The van der Waals surface area contributed by atoms with Crippen molar-refractivity contribution in [3.8, 4) is 11.5 Å². The molecule has 0 aromatic heterocycles. The van der Waals surface area contributed by atoms with E-state index >= 15 is 0 Å². The Labute approximate surface area is 158 Å². The second-order valence-electron chi connectivity index (χ2n) is 6.60. The molecule has 1 saturated carbocycles. The monoisotopic (exact) mass is 369 g/mol. The lowest BCUT2D eigenvalue weighted by atomic mass is 10.2. The number of carbonyl (C=O) groups excluding carboxylic acids is 1. The van der Waals surface area contributed by atoms with E-state index in [-0.39, 0.29) is 12.3 Å². The Hall–Kier alpha value is -3.02. The highest BCUT2D eigenvalue weighted by Crippen LogP contribution is 2.29. The van der Waals surface area contributed by atoms with Crippen LogP contribution in [0.5, 0.6) is 11.5 Å². The summed E-state index contributed by atoms with van der Waals surface area (Å²) in [5, 5.41) is 11.4. The number of rotatable bonds is 10. The smallest absolute Gasteiger partial charge is 0.303 e. The van der Waals surface area contributed by atoms with Crippen molar-refractivity contribution in [2.45, 2.75) is 25.7 Å². The first-order valence-corrected chi connectivity index (χ1v) is 9.09. The maximum absolute atomic E-state index is 12.3. The topological polar surface area (TPSA) is 84.9 Å². The molecule has 142 valence electrons. The van der Waals surface area contributed by atoms with E-state index < -0.39 is 5.97 Å². The molecule has 3 rings (SSSR count). The molecule has 0 spiro atoms. The van der Waals surface area contributed by atoms with Crippen LogP contribution in [-0.2, 0) is 4.79 Å². The Morgan fingerprint density at radius 1 is 0.963 bits per heavy atom. The minimum Gasteiger partial charge on any atom is -0.494 e. The van der Waals surface area contributed by atoms with Crippen LogP contribution in [0.1, 0.15) is 36.0 Å². The molecule has 2 aromatic carbocycles. The Bertz CT molecular complexity index is 766. The van der Waals surface area contributed by atoms with Crippen molar-refractivity contribution in [1.29, 1.82) is 0 Å². The molecule has 0 saturated heterocycles. The normalized spacial score (nSPS) is 13.0. The molecule has 1 fully saturated rings. The summed E-state index contributed by atoms with van der Waals surface area (Å²) in [5.41, 5.74) is 1.22. The van der Waals surface area contributed by atoms with Gasteiger partial charge in [0.1, 0.15) is 11.5 Å². The van der Waals surface area contributed by atoms with Crippen LogP contribution in [0.4, 0.5) is 5.69 Å². The maximum atomic E-state index is 12.3. The van der Waals surface area contributed by atoms with Gasteiger partial charge >= 0.3 is 5.97 Å². The van der Waals surface area contributed by atoms with Crippen LogP contribution in [0.3, 0.4) is 0 Å². The number of carboxylic acid groups (broad SMARTS) is 1. The van der Waals surface area contributed by atoms with Gasteiger partial charge in [0.05, 0.1) is 13.2 Å². The third kappa shape index (κ3) is 6.33. The summed E-state index contributed by atoms with van der Waals surface area (Å²) < 4.78 is 11.1. The number of anilines is 1. The van der Waals surface area contributed by atoms with Gasteiger partial charge in [-0.2, -0.15) is 0 Å². The minimum atomic E-state index is -0.834. The van der Waals surface area contributed by atoms with Gasteiger partial charge in [0, 0.05) is 17.7 Å². The molecule has 2 N–H and O–H groups in total. The lowest BCUT2D eigenvalue weighted by Gasteiger charge is -2.09. The molecular weight excluding hydrogens is 346 g/mol. The molecule has 0 bridgehead atoms. The zero-order valence-corrected chi connectivity index (χ0v) is 15.0. The van der Waals surface area contributed by atoms with Gasteiger partial charge in [-0.1, -0.05) is 0 Å². The molecule has 0 radical (unpaired) electrons. The second kappa shape index (κ2) is 9.07. The van der Waals surface area contributed by atoms with E-state index in [4.69, 9.17) is 14.6 Å². The molecule has 1 aliphatic carbocycles. The van der Waals surface area contributed by atoms with Crippen molar-refractivity contribution in [1.82, 2.24) is 0 Å². The highest BCUT2D eigenvalue weighted by atomic mass is 16.5. The fourth-order valence-electron chi connectivity index (χ4n) is 2.45. The number of carboxylic acids is 1. The highest BCUT2D eigenvalue weighted by Gasteiger charge is 2.21. The van der Waals surface area contributed by atoms with Crippen LogP contribution in [0.2, 0.25) is 0 Å². The maximum Gasteiger partial charge on any atom is 0.303 e. The molecule has 2 aromatic rings. The van der Waals surface area contributed by atoms with Crippen molar-refractivity contribution < 1.29 is 24.2 Å². The quantitative estimate of drug-likeness (QED) is 0.619. The van der Waals surface area contributed by atoms with Gasteiger partial charge in [-0.25, -0.2) is 0 Å². The number of amides is 1. The summed E-state index contributed by atoms with van der Waals surface area (Å²) >= 11 is 0. The third-order valence-corrected chi connectivity index (χ3v) is 4.22. The predicted molar refractivity (Wildman–Crippen MR) is 101 cm³/mol. The zero-order chi connectivity index (χ0) is 19.1. The van der Waals surface area contributed by atoms with E-state index in [2.05, 4.69) is 5.32 Å². The molecule has 1 aliphatic rings. The average Bonchev–Trinajstić information content (AvgIpc) is 3.49. The van der Waals surface area contributed by atoms with Gasteiger partial charge in [-0.3, -0.25) is 9.59 Å². The number of hydrogen-bond acceptors (Lipinski definition) is 4. The minimum absolute atomic E-state index is 0.0819. The van der Waals surface area contributed by atoms with Crippen LogP contribution in [0.15, 0.2) is 48.5 Å². The summed E-state index contributed by atoms with van der Waals surface area (Å²) in [4.78, 5) is 22.8. The van der Waals surface area contributed by atoms with Crippen molar-refractivity contribution in [2.75, 3.05) is 18.5 Å². The Morgan fingerprint density at radius 2 is 1.59 bits per heavy atom. The van der Waals surface area contributed by atoms with E-state index in [0.717, 1.165) is 12.4 Å². The van der Waals surface area contributed by atoms with Crippen LogP contribution in [0, 0.1) is 5.92 Å². The molecule has 6 heteroatoms. The van der Waals surface area contributed by atoms with Gasteiger partial charge in [-0.05, 0) is 73.7 Å². The first-order chi connectivity index (χ1) is 13.1. The number of hydrogen-bond donors (Lipinski definition) is 2. The van der Waals surface area contributed by atoms with Crippen LogP contribution < -0.4 is 14.8 Å². The third-order valence-electron chi connectivity index (χ3n) is 4.22. The highest BCUT2D eigenvalue weighted by molar-refractivity contribution is 6.04. The number of aliphatic carboxylic acids is 1. The van der Waals surface area contributed by atoms with E-state index in [9.17, 15) is 9.59 Å². The summed E-state index contributed by atoms with van der Waals surface area (Å²) in [5.74, 6) is 1.08. The number of nitrogens with one attached hydrogen (secondary N) is 1. The summed E-state index contributed by atoms with van der Waals surface area (Å²) in [6.07, 6.45) is 3.02. The average molecular weight is 369 g/mol. The fraction of sp³-hybridized carbons (Fsp3) is 0.333. The van der Waals surface area contributed by atoms with Gasteiger partial charge in [0.15, 0.2) is 0 Å². The molecule has 6 nitrogen and oxygen atoms in total. The molecule has 0 heterocycles. The molecular formula is C21H23NO5. The van der Waals surface area contributed by atoms with Gasteiger partial charge in [0.25, 0.3) is 5.91 Å². The van der Waals surface area contributed by atoms with E-state index in [1.807, 2.05) is 12.1 Å². The van der Waals surface area contributed by atoms with E-state index in [1.54, 1.807) is 36.4 Å².